The molecule has 0 atom stereocenters. The summed E-state index contributed by atoms with van der Waals surface area (Å²) in [6, 6.07) is 3.28. The standard InChI is InChI=1S/C24H28N6O8/c1-2-36-24(32)18-15-38-23(27-18)16-5-9-25-20(13-16)37-10-4-3-8-26-22(31)21-19(30(33)34)14-29(28-21)17-6-11-35-12-7-17/h5,9,13-15,17H,2-4,6-8,10-12H2,1H3,(H,26,31). The number of carbonyl (C=O) groups excluding carboxylic acids is 2. The number of esters is 1. The van der Waals surface area contributed by atoms with Crippen molar-refractivity contribution >= 4 is 17.6 Å². The predicted molar refractivity (Wildman–Crippen MR) is 131 cm³/mol. The van der Waals surface area contributed by atoms with Crippen LogP contribution in [0.5, 0.6) is 5.88 Å². The molecule has 0 radical (unpaired) electrons. The molecule has 0 saturated carbocycles. The van der Waals surface area contributed by atoms with E-state index in [-0.39, 0.29) is 35.6 Å². The predicted octanol–water partition coefficient (Wildman–Crippen LogP) is 2.96. The molecule has 0 unspecified atom stereocenters. The van der Waals surface area contributed by atoms with Crippen LogP contribution in [-0.2, 0) is 9.47 Å². The van der Waals surface area contributed by atoms with E-state index in [9.17, 15) is 19.7 Å². The minimum absolute atomic E-state index is 0.0311. The van der Waals surface area contributed by atoms with Gasteiger partial charge in [-0.15, -0.1) is 0 Å². The number of ether oxygens (including phenoxy) is 3. The molecule has 1 amide bonds. The lowest BCUT2D eigenvalue weighted by atomic mass is 10.1. The van der Waals surface area contributed by atoms with E-state index >= 15 is 0 Å². The molecule has 0 spiro atoms. The Labute approximate surface area is 217 Å². The second-order valence-electron chi connectivity index (χ2n) is 8.40. The molecule has 1 aliphatic heterocycles. The van der Waals surface area contributed by atoms with Gasteiger partial charge in [0.1, 0.15) is 12.5 Å². The highest BCUT2D eigenvalue weighted by molar-refractivity contribution is 5.96. The molecule has 1 fully saturated rings. The average Bonchev–Trinajstić information content (AvgIpc) is 3.60. The van der Waals surface area contributed by atoms with Gasteiger partial charge in [0.25, 0.3) is 5.91 Å². The zero-order chi connectivity index (χ0) is 26.9. The molecule has 202 valence electrons. The normalized spacial score (nSPS) is 13.7. The number of amides is 1. The molecule has 0 aliphatic carbocycles. The van der Waals surface area contributed by atoms with Crippen LogP contribution in [0.4, 0.5) is 5.69 Å². The number of oxazole rings is 1. The van der Waals surface area contributed by atoms with Crippen molar-refractivity contribution in [3.8, 4) is 17.3 Å². The first-order valence-corrected chi connectivity index (χ1v) is 12.3. The highest BCUT2D eigenvalue weighted by atomic mass is 16.6. The largest absolute Gasteiger partial charge is 0.478 e. The number of pyridine rings is 1. The Kier molecular flexibility index (Phi) is 8.98. The van der Waals surface area contributed by atoms with Crippen molar-refractivity contribution in [3.63, 3.8) is 0 Å². The first kappa shape index (κ1) is 26.7. The maximum atomic E-state index is 12.6. The highest BCUT2D eigenvalue weighted by Gasteiger charge is 2.28. The Bertz CT molecular complexity index is 1270. The molecular formula is C24H28N6O8. The number of nitro groups is 1. The summed E-state index contributed by atoms with van der Waals surface area (Å²) < 4.78 is 22.8. The fourth-order valence-electron chi connectivity index (χ4n) is 3.83. The van der Waals surface area contributed by atoms with Gasteiger partial charge in [0.05, 0.1) is 24.2 Å². The van der Waals surface area contributed by atoms with Crippen molar-refractivity contribution in [2.75, 3.05) is 33.0 Å². The lowest BCUT2D eigenvalue weighted by molar-refractivity contribution is -0.385. The lowest BCUT2D eigenvalue weighted by Gasteiger charge is -2.21. The number of carbonyl (C=O) groups is 2. The average molecular weight is 529 g/mol. The molecule has 1 saturated heterocycles. The van der Waals surface area contributed by atoms with E-state index in [0.717, 1.165) is 0 Å². The van der Waals surface area contributed by atoms with Crippen molar-refractivity contribution in [3.05, 3.63) is 52.3 Å². The fourth-order valence-corrected chi connectivity index (χ4v) is 3.83. The summed E-state index contributed by atoms with van der Waals surface area (Å²) in [6.07, 6.45) is 6.61. The second kappa shape index (κ2) is 12.8. The molecule has 4 rings (SSSR count). The van der Waals surface area contributed by atoms with Crippen LogP contribution in [0.1, 0.15) is 59.6 Å². The van der Waals surface area contributed by atoms with Crippen LogP contribution in [0.15, 0.2) is 35.2 Å². The Morgan fingerprint density at radius 2 is 2.11 bits per heavy atom. The maximum absolute atomic E-state index is 12.6. The molecule has 14 heteroatoms. The number of hydrogen-bond donors (Lipinski definition) is 1. The number of hydrogen-bond acceptors (Lipinski definition) is 11. The van der Waals surface area contributed by atoms with Crippen LogP contribution in [0.25, 0.3) is 11.5 Å². The molecule has 1 aliphatic rings. The van der Waals surface area contributed by atoms with Gasteiger partial charge < -0.3 is 23.9 Å². The zero-order valence-electron chi connectivity index (χ0n) is 20.8. The van der Waals surface area contributed by atoms with Crippen LogP contribution in [0.2, 0.25) is 0 Å². The van der Waals surface area contributed by atoms with Crippen molar-refractivity contribution in [1.82, 2.24) is 25.1 Å². The van der Waals surface area contributed by atoms with E-state index < -0.39 is 16.8 Å². The van der Waals surface area contributed by atoms with E-state index in [1.807, 2.05) is 0 Å². The molecule has 0 bridgehead atoms. The number of nitrogens with one attached hydrogen (secondary N) is 1. The maximum Gasteiger partial charge on any atom is 0.360 e. The molecule has 3 aromatic heterocycles. The third kappa shape index (κ3) is 6.70. The van der Waals surface area contributed by atoms with Crippen molar-refractivity contribution in [2.45, 2.75) is 38.6 Å². The van der Waals surface area contributed by atoms with Gasteiger partial charge in [-0.2, -0.15) is 5.10 Å². The van der Waals surface area contributed by atoms with Gasteiger partial charge in [-0.3, -0.25) is 19.6 Å². The SMILES string of the molecule is CCOC(=O)c1coc(-c2ccnc(OCCCCNC(=O)c3nn(C4CCOCC4)cc3[N+](=O)[O-])c2)n1. The smallest absolute Gasteiger partial charge is 0.360 e. The molecule has 0 aromatic carbocycles. The summed E-state index contributed by atoms with van der Waals surface area (Å²) in [7, 11) is 0. The molecule has 1 N–H and O–H groups in total. The molecule has 3 aromatic rings. The monoisotopic (exact) mass is 528 g/mol. The van der Waals surface area contributed by atoms with E-state index in [2.05, 4.69) is 20.4 Å². The van der Waals surface area contributed by atoms with Gasteiger partial charge in [0.2, 0.25) is 17.5 Å². The quantitative estimate of drug-likeness (QED) is 0.158. The van der Waals surface area contributed by atoms with Crippen molar-refractivity contribution in [2.24, 2.45) is 0 Å². The second-order valence-corrected chi connectivity index (χ2v) is 8.40. The summed E-state index contributed by atoms with van der Waals surface area (Å²) in [5.74, 6) is -0.582. The van der Waals surface area contributed by atoms with E-state index in [0.29, 0.717) is 63.5 Å². The lowest BCUT2D eigenvalue weighted by Crippen LogP contribution is -2.26. The zero-order valence-corrected chi connectivity index (χ0v) is 20.8. The summed E-state index contributed by atoms with van der Waals surface area (Å²) in [6.45, 7) is 3.66. The third-order valence-electron chi connectivity index (χ3n) is 5.77. The highest BCUT2D eigenvalue weighted by Crippen LogP contribution is 2.25. The van der Waals surface area contributed by atoms with E-state index in [4.69, 9.17) is 18.6 Å². The summed E-state index contributed by atoms with van der Waals surface area (Å²) in [4.78, 5) is 43.5. The molecule has 14 nitrogen and oxygen atoms in total. The van der Waals surface area contributed by atoms with Gasteiger partial charge in [-0.05, 0) is 38.7 Å². The van der Waals surface area contributed by atoms with E-state index in [1.54, 1.807) is 19.1 Å². The Hall–Kier alpha value is -4.33. The summed E-state index contributed by atoms with van der Waals surface area (Å²) >= 11 is 0. The number of rotatable bonds is 12. The fraction of sp³-hybridized carbons (Fsp3) is 0.458. The summed E-state index contributed by atoms with van der Waals surface area (Å²) in [5.41, 5.74) is 0.142. The van der Waals surface area contributed by atoms with E-state index in [1.165, 1.54) is 23.3 Å². The van der Waals surface area contributed by atoms with Gasteiger partial charge in [-0.1, -0.05) is 0 Å². The van der Waals surface area contributed by atoms with Crippen LogP contribution < -0.4 is 10.1 Å². The van der Waals surface area contributed by atoms with Crippen LogP contribution >= 0.6 is 0 Å². The first-order valence-electron chi connectivity index (χ1n) is 12.3. The minimum Gasteiger partial charge on any atom is -0.478 e. The van der Waals surface area contributed by atoms with Crippen molar-refractivity contribution < 1.29 is 33.1 Å². The summed E-state index contributed by atoms with van der Waals surface area (Å²) in [5, 5.41) is 18.3. The van der Waals surface area contributed by atoms with Gasteiger partial charge in [0, 0.05) is 37.6 Å². The Balaban J connectivity index is 1.23. The minimum atomic E-state index is -0.595. The van der Waals surface area contributed by atoms with Gasteiger partial charge in [0.15, 0.2) is 5.69 Å². The first-order chi connectivity index (χ1) is 18.5. The van der Waals surface area contributed by atoms with Crippen molar-refractivity contribution in [1.29, 1.82) is 0 Å². The number of aromatic nitrogens is 4. The third-order valence-corrected chi connectivity index (χ3v) is 5.77. The molecule has 38 heavy (non-hydrogen) atoms. The number of unbranched alkanes of at least 4 members (excludes halogenated alkanes) is 1. The van der Waals surface area contributed by atoms with Crippen LogP contribution in [-0.4, -0.2) is 69.5 Å². The van der Waals surface area contributed by atoms with Crippen LogP contribution in [0.3, 0.4) is 0 Å². The van der Waals surface area contributed by atoms with Gasteiger partial charge >= 0.3 is 11.7 Å². The van der Waals surface area contributed by atoms with Gasteiger partial charge in [-0.25, -0.2) is 14.8 Å². The molecular weight excluding hydrogens is 500 g/mol. The number of nitrogens with zero attached hydrogens (tertiary/aromatic N) is 5. The molecule has 4 heterocycles. The van der Waals surface area contributed by atoms with Crippen LogP contribution in [0, 0.1) is 10.1 Å². The Morgan fingerprint density at radius 1 is 1.29 bits per heavy atom. The topological polar surface area (TPSA) is 174 Å². The Morgan fingerprint density at radius 3 is 2.87 bits per heavy atom.